The van der Waals surface area contributed by atoms with Crippen molar-refractivity contribution >= 4 is 11.8 Å². The van der Waals surface area contributed by atoms with Crippen molar-refractivity contribution in [3.63, 3.8) is 0 Å². The zero-order chi connectivity index (χ0) is 18.5. The zero-order valence-corrected chi connectivity index (χ0v) is 16.1. The molecule has 0 radical (unpaired) electrons. The second kappa shape index (κ2) is 8.47. The molecule has 0 aliphatic rings. The fraction of sp³-hybridized carbons (Fsp3) is 0.300. The van der Waals surface area contributed by atoms with E-state index in [1.807, 2.05) is 25.4 Å². The summed E-state index contributed by atoms with van der Waals surface area (Å²) in [5.74, 6) is 1.02. The van der Waals surface area contributed by atoms with Crippen LogP contribution in [-0.4, -0.2) is 21.6 Å². The molecule has 0 aliphatic heterocycles. The van der Waals surface area contributed by atoms with Gasteiger partial charge in [0.15, 0.2) is 0 Å². The van der Waals surface area contributed by atoms with Crippen LogP contribution in [0.4, 0.5) is 4.39 Å². The molecule has 0 saturated heterocycles. The Labute approximate surface area is 157 Å². The van der Waals surface area contributed by atoms with Crippen LogP contribution in [0.3, 0.4) is 0 Å². The van der Waals surface area contributed by atoms with E-state index in [9.17, 15) is 4.39 Å². The number of hydrogen-bond acceptors (Lipinski definition) is 4. The molecular weight excluding hydrogens is 347 g/mol. The Morgan fingerprint density at radius 1 is 1.23 bits per heavy atom. The van der Waals surface area contributed by atoms with Gasteiger partial charge in [-0.1, -0.05) is 37.7 Å². The van der Waals surface area contributed by atoms with Gasteiger partial charge in [-0.2, -0.15) is 0 Å². The quantitative estimate of drug-likeness (QED) is 0.667. The van der Waals surface area contributed by atoms with E-state index in [-0.39, 0.29) is 11.7 Å². The first kappa shape index (κ1) is 18.6. The normalized spacial score (nSPS) is 11.3. The summed E-state index contributed by atoms with van der Waals surface area (Å²) >= 11 is 1.56. The van der Waals surface area contributed by atoms with Crippen molar-refractivity contribution in [3.8, 4) is 0 Å². The van der Waals surface area contributed by atoms with Crippen molar-refractivity contribution in [2.24, 2.45) is 0 Å². The van der Waals surface area contributed by atoms with E-state index >= 15 is 0 Å². The molecule has 0 atom stereocenters. The van der Waals surface area contributed by atoms with Crippen LogP contribution in [0.1, 0.15) is 36.8 Å². The van der Waals surface area contributed by atoms with Gasteiger partial charge in [-0.25, -0.2) is 9.37 Å². The van der Waals surface area contributed by atoms with Crippen molar-refractivity contribution in [1.82, 2.24) is 19.9 Å². The summed E-state index contributed by atoms with van der Waals surface area (Å²) in [5, 5.41) is 4.25. The average molecular weight is 370 g/mol. The monoisotopic (exact) mass is 370 g/mol. The minimum Gasteiger partial charge on any atom is -0.317 e. The Morgan fingerprint density at radius 3 is 2.73 bits per heavy atom. The molecule has 2 heterocycles. The van der Waals surface area contributed by atoms with Crippen LogP contribution >= 0.6 is 11.8 Å². The van der Waals surface area contributed by atoms with Gasteiger partial charge in [0.2, 0.25) is 0 Å². The molecule has 2 aromatic heterocycles. The van der Waals surface area contributed by atoms with Crippen molar-refractivity contribution in [2.45, 2.75) is 42.8 Å². The van der Waals surface area contributed by atoms with Crippen LogP contribution in [0.15, 0.2) is 58.7 Å². The molecule has 1 aromatic carbocycles. The number of imidazole rings is 1. The molecule has 26 heavy (non-hydrogen) atoms. The lowest BCUT2D eigenvalue weighted by molar-refractivity contribution is 0.623. The summed E-state index contributed by atoms with van der Waals surface area (Å²) in [6, 6.07) is 10.7. The lowest BCUT2D eigenvalue weighted by Crippen LogP contribution is -2.13. The largest absolute Gasteiger partial charge is 0.317 e. The molecule has 0 saturated carbocycles. The molecule has 4 nitrogen and oxygen atoms in total. The van der Waals surface area contributed by atoms with Crippen LogP contribution in [0, 0.1) is 5.82 Å². The first-order chi connectivity index (χ1) is 12.6. The highest BCUT2D eigenvalue weighted by molar-refractivity contribution is 7.99. The van der Waals surface area contributed by atoms with E-state index in [2.05, 4.69) is 34.8 Å². The van der Waals surface area contributed by atoms with Crippen LogP contribution in [-0.2, 0) is 13.1 Å². The number of rotatable bonds is 7. The van der Waals surface area contributed by atoms with Crippen LogP contribution in [0.25, 0.3) is 0 Å². The van der Waals surface area contributed by atoms with E-state index in [0.717, 1.165) is 27.0 Å². The molecule has 0 aliphatic carbocycles. The third-order valence-corrected chi connectivity index (χ3v) is 5.09. The van der Waals surface area contributed by atoms with Gasteiger partial charge in [0.05, 0.1) is 18.8 Å². The third-order valence-electron chi connectivity index (χ3n) is 3.98. The van der Waals surface area contributed by atoms with Crippen molar-refractivity contribution in [2.75, 3.05) is 7.05 Å². The molecule has 0 amide bonds. The molecule has 6 heteroatoms. The smallest absolute Gasteiger partial charge is 0.124 e. The molecule has 0 bridgehead atoms. The Kier molecular flexibility index (Phi) is 6.06. The maximum absolute atomic E-state index is 13.6. The van der Waals surface area contributed by atoms with Crippen LogP contribution in [0.2, 0.25) is 0 Å². The summed E-state index contributed by atoms with van der Waals surface area (Å²) in [7, 11) is 1.91. The van der Waals surface area contributed by atoms with Crippen molar-refractivity contribution < 1.29 is 4.39 Å². The predicted octanol–water partition coefficient (Wildman–Crippen LogP) is 4.46. The fourth-order valence-electron chi connectivity index (χ4n) is 2.76. The summed E-state index contributed by atoms with van der Waals surface area (Å²) in [5.41, 5.74) is 2.15. The molecule has 136 valence electrons. The molecule has 0 spiro atoms. The van der Waals surface area contributed by atoms with Gasteiger partial charge in [0, 0.05) is 17.3 Å². The van der Waals surface area contributed by atoms with Gasteiger partial charge in [-0.15, -0.1) is 0 Å². The van der Waals surface area contributed by atoms with E-state index in [1.165, 1.54) is 6.07 Å². The Bertz CT molecular complexity index is 862. The predicted molar refractivity (Wildman–Crippen MR) is 103 cm³/mol. The molecule has 3 rings (SSSR count). The molecule has 0 fully saturated rings. The second-order valence-electron chi connectivity index (χ2n) is 6.41. The first-order valence-corrected chi connectivity index (χ1v) is 9.46. The first-order valence-electron chi connectivity index (χ1n) is 8.64. The SMILES string of the molecule is CNCc1nc(C(C)C)c(Sc2cccc(F)c2)n1Cc1cccnc1. The minimum absolute atomic E-state index is 0.227. The zero-order valence-electron chi connectivity index (χ0n) is 15.2. The van der Waals surface area contributed by atoms with E-state index in [1.54, 1.807) is 30.1 Å². The fourth-order valence-corrected chi connectivity index (χ4v) is 3.97. The maximum atomic E-state index is 13.6. The Balaban J connectivity index is 2.06. The molecule has 3 aromatic rings. The second-order valence-corrected chi connectivity index (χ2v) is 7.47. The van der Waals surface area contributed by atoms with Gasteiger partial charge in [-0.05, 0) is 42.8 Å². The number of pyridine rings is 1. The number of hydrogen-bond donors (Lipinski definition) is 1. The summed E-state index contributed by atoms with van der Waals surface area (Å²) in [6.07, 6.45) is 3.64. The molecule has 1 N–H and O–H groups in total. The van der Waals surface area contributed by atoms with E-state index in [4.69, 9.17) is 4.98 Å². The maximum Gasteiger partial charge on any atom is 0.124 e. The third kappa shape index (κ3) is 4.31. The number of nitrogens with zero attached hydrogens (tertiary/aromatic N) is 3. The number of benzene rings is 1. The van der Waals surface area contributed by atoms with Gasteiger partial charge in [-0.3, -0.25) is 4.98 Å². The summed E-state index contributed by atoms with van der Waals surface area (Å²) in [4.78, 5) is 9.97. The number of aromatic nitrogens is 3. The topological polar surface area (TPSA) is 42.7 Å². The Hall–Kier alpha value is -2.18. The summed E-state index contributed by atoms with van der Waals surface area (Å²) < 4.78 is 15.9. The van der Waals surface area contributed by atoms with Gasteiger partial charge in [0.1, 0.15) is 16.7 Å². The van der Waals surface area contributed by atoms with Crippen molar-refractivity contribution in [1.29, 1.82) is 0 Å². The number of halogens is 1. The standard InChI is InChI=1S/C20H23FN4S/c1-14(2)19-20(26-17-8-4-7-16(21)10-17)25(18(24-19)12-22-3)13-15-6-5-9-23-11-15/h4-11,14,22H,12-13H2,1-3H3. The highest BCUT2D eigenvalue weighted by Gasteiger charge is 2.20. The highest BCUT2D eigenvalue weighted by Crippen LogP contribution is 2.35. The van der Waals surface area contributed by atoms with Crippen molar-refractivity contribution in [3.05, 3.63) is 71.7 Å². The van der Waals surface area contributed by atoms with E-state index < -0.39 is 0 Å². The van der Waals surface area contributed by atoms with Crippen LogP contribution < -0.4 is 5.32 Å². The van der Waals surface area contributed by atoms with Gasteiger partial charge >= 0.3 is 0 Å². The summed E-state index contributed by atoms with van der Waals surface area (Å²) in [6.45, 7) is 5.62. The average Bonchev–Trinajstić information content (AvgIpc) is 2.94. The van der Waals surface area contributed by atoms with Gasteiger partial charge in [0.25, 0.3) is 0 Å². The lowest BCUT2D eigenvalue weighted by Gasteiger charge is -2.13. The number of nitrogens with one attached hydrogen (secondary N) is 1. The van der Waals surface area contributed by atoms with E-state index in [0.29, 0.717) is 13.1 Å². The molecule has 0 unspecified atom stereocenters. The molecular formula is C20H23FN4S. The van der Waals surface area contributed by atoms with Gasteiger partial charge < -0.3 is 9.88 Å². The lowest BCUT2D eigenvalue weighted by atomic mass is 10.1. The minimum atomic E-state index is -0.227. The van der Waals surface area contributed by atoms with Crippen LogP contribution in [0.5, 0.6) is 0 Å². The highest BCUT2D eigenvalue weighted by atomic mass is 32.2. The Morgan fingerprint density at radius 2 is 2.08 bits per heavy atom.